The van der Waals surface area contributed by atoms with E-state index in [0.717, 1.165) is 0 Å². The summed E-state index contributed by atoms with van der Waals surface area (Å²) in [4.78, 5) is 4.00. The molecule has 0 aliphatic heterocycles. The molecule has 8 nitrogen and oxygen atoms in total. The molecule has 0 atom stereocenters. The predicted octanol–water partition coefficient (Wildman–Crippen LogP) is -0.612. The number of furan rings is 1. The molecular weight excluding hydrogens is 270 g/mol. The van der Waals surface area contributed by atoms with Crippen molar-refractivity contribution in [1.29, 1.82) is 0 Å². The van der Waals surface area contributed by atoms with E-state index in [9.17, 15) is 8.42 Å². The Morgan fingerprint density at radius 1 is 1.47 bits per heavy atom. The minimum atomic E-state index is -3.65. The van der Waals surface area contributed by atoms with Gasteiger partial charge in [-0.2, -0.15) is 5.10 Å². The molecule has 3 N–H and O–H groups in total. The topological polar surface area (TPSA) is 116 Å². The highest BCUT2D eigenvalue weighted by molar-refractivity contribution is 7.89. The fourth-order valence-corrected chi connectivity index (χ4v) is 2.46. The maximum absolute atomic E-state index is 11.9. The molecule has 2 heterocycles. The Labute approximate surface area is 110 Å². The van der Waals surface area contributed by atoms with E-state index in [0.29, 0.717) is 18.0 Å². The summed E-state index contributed by atoms with van der Waals surface area (Å²) in [6, 6.07) is 2.92. The fourth-order valence-electron chi connectivity index (χ4n) is 1.48. The van der Waals surface area contributed by atoms with Crippen LogP contribution in [0.3, 0.4) is 0 Å². The molecule has 19 heavy (non-hydrogen) atoms. The maximum atomic E-state index is 11.9. The van der Waals surface area contributed by atoms with E-state index in [-0.39, 0.29) is 18.2 Å². The van der Waals surface area contributed by atoms with Gasteiger partial charge in [0.2, 0.25) is 5.09 Å². The normalized spacial score (nSPS) is 11.9. The van der Waals surface area contributed by atoms with Gasteiger partial charge in [0.1, 0.15) is 12.1 Å². The quantitative estimate of drug-likeness (QED) is 0.731. The second kappa shape index (κ2) is 5.51. The van der Waals surface area contributed by atoms with Crippen molar-refractivity contribution in [2.45, 2.75) is 18.1 Å². The van der Waals surface area contributed by atoms with Gasteiger partial charge in [-0.25, -0.2) is 18.1 Å². The average Bonchev–Trinajstić information content (AvgIpc) is 2.98. The van der Waals surface area contributed by atoms with E-state index in [4.69, 9.17) is 10.2 Å². The van der Waals surface area contributed by atoms with Gasteiger partial charge in [0.25, 0.3) is 10.0 Å². The van der Waals surface area contributed by atoms with E-state index in [1.54, 1.807) is 18.1 Å². The first-order valence-corrected chi connectivity index (χ1v) is 7.12. The monoisotopic (exact) mass is 285 g/mol. The fraction of sp³-hybridized carbons (Fsp3) is 0.400. The van der Waals surface area contributed by atoms with Gasteiger partial charge < -0.3 is 10.2 Å². The summed E-state index contributed by atoms with van der Waals surface area (Å²) < 4.78 is 32.8. The van der Waals surface area contributed by atoms with Crippen LogP contribution in [0, 0.1) is 0 Å². The van der Waals surface area contributed by atoms with Gasteiger partial charge in [0.05, 0.1) is 6.54 Å². The predicted molar refractivity (Wildman–Crippen MR) is 66.5 cm³/mol. The molecule has 2 aromatic rings. The van der Waals surface area contributed by atoms with Crippen molar-refractivity contribution in [2.24, 2.45) is 12.8 Å². The molecule has 0 saturated carbocycles. The van der Waals surface area contributed by atoms with E-state index >= 15 is 0 Å². The van der Waals surface area contributed by atoms with Crippen LogP contribution in [0.1, 0.15) is 11.6 Å². The van der Waals surface area contributed by atoms with Crippen molar-refractivity contribution >= 4 is 10.0 Å². The molecular formula is C10H15N5O3S. The van der Waals surface area contributed by atoms with Crippen molar-refractivity contribution < 1.29 is 12.8 Å². The number of hydrogen-bond acceptors (Lipinski definition) is 6. The third kappa shape index (κ3) is 3.40. The summed E-state index contributed by atoms with van der Waals surface area (Å²) in [6.45, 7) is 0.360. The smallest absolute Gasteiger partial charge is 0.273 e. The number of hydrogen-bond donors (Lipinski definition) is 2. The number of aromatic nitrogens is 3. The van der Waals surface area contributed by atoms with Crippen LogP contribution in [0.2, 0.25) is 0 Å². The van der Waals surface area contributed by atoms with Gasteiger partial charge in [-0.1, -0.05) is 0 Å². The molecule has 0 aromatic carbocycles. The molecule has 0 saturated heterocycles. The molecule has 104 valence electrons. The zero-order valence-corrected chi connectivity index (χ0v) is 11.2. The lowest BCUT2D eigenvalue weighted by atomic mass is 10.4. The van der Waals surface area contributed by atoms with Crippen LogP contribution >= 0.6 is 0 Å². The SMILES string of the molecule is Cn1cnc(CCNS(=O)(=O)c2ccc(CN)o2)n1. The Hall–Kier alpha value is -1.71. The zero-order chi connectivity index (χ0) is 13.9. The standard InChI is InChI=1S/C10H15N5O3S/c1-15-7-12-9(14-15)4-5-13-19(16,17)10-3-2-8(6-11)18-10/h2-3,7,13H,4-6,11H2,1H3. The van der Waals surface area contributed by atoms with Crippen molar-refractivity contribution in [3.8, 4) is 0 Å². The lowest BCUT2D eigenvalue weighted by Crippen LogP contribution is -2.26. The summed E-state index contributed by atoms with van der Waals surface area (Å²) in [7, 11) is -1.90. The highest BCUT2D eigenvalue weighted by Gasteiger charge is 2.18. The number of sulfonamides is 1. The highest BCUT2D eigenvalue weighted by atomic mass is 32.2. The molecule has 0 bridgehead atoms. The molecule has 0 fully saturated rings. The largest absolute Gasteiger partial charge is 0.447 e. The van der Waals surface area contributed by atoms with E-state index < -0.39 is 10.0 Å². The van der Waals surface area contributed by atoms with Crippen molar-refractivity contribution in [2.75, 3.05) is 6.54 Å². The number of nitrogens with one attached hydrogen (secondary N) is 1. The first-order valence-electron chi connectivity index (χ1n) is 5.64. The van der Waals surface area contributed by atoms with Crippen LogP contribution in [0.25, 0.3) is 0 Å². The molecule has 2 rings (SSSR count). The van der Waals surface area contributed by atoms with Crippen LogP contribution in [-0.2, 0) is 30.0 Å². The van der Waals surface area contributed by atoms with Crippen LogP contribution in [-0.4, -0.2) is 29.7 Å². The lowest BCUT2D eigenvalue weighted by Gasteiger charge is -2.02. The van der Waals surface area contributed by atoms with E-state index in [1.807, 2.05) is 0 Å². The molecule has 0 unspecified atom stereocenters. The summed E-state index contributed by atoms with van der Waals surface area (Å²) in [5.74, 6) is 0.999. The Balaban J connectivity index is 1.94. The third-order valence-corrected chi connectivity index (χ3v) is 3.72. The van der Waals surface area contributed by atoms with Gasteiger partial charge in [-0.15, -0.1) is 0 Å². The molecule has 0 spiro atoms. The molecule has 0 radical (unpaired) electrons. The molecule has 0 aliphatic rings. The van der Waals surface area contributed by atoms with E-state index in [1.165, 1.54) is 12.1 Å². The number of nitrogens with two attached hydrogens (primary N) is 1. The number of aryl methyl sites for hydroxylation is 1. The molecule has 0 amide bonds. The average molecular weight is 285 g/mol. The second-order valence-electron chi connectivity index (χ2n) is 3.91. The summed E-state index contributed by atoms with van der Waals surface area (Å²) >= 11 is 0. The minimum absolute atomic E-state index is 0.137. The van der Waals surface area contributed by atoms with Gasteiger partial charge in [0, 0.05) is 20.0 Å². The molecule has 2 aromatic heterocycles. The molecule has 9 heteroatoms. The van der Waals surface area contributed by atoms with Crippen molar-refractivity contribution in [1.82, 2.24) is 19.5 Å². The summed E-state index contributed by atoms with van der Waals surface area (Å²) in [6.07, 6.45) is 1.97. The Morgan fingerprint density at radius 3 is 2.84 bits per heavy atom. The van der Waals surface area contributed by atoms with Crippen LogP contribution in [0.15, 0.2) is 28.0 Å². The maximum Gasteiger partial charge on any atom is 0.273 e. The Kier molecular flexibility index (Phi) is 3.98. The van der Waals surface area contributed by atoms with Crippen LogP contribution in [0.4, 0.5) is 0 Å². The third-order valence-electron chi connectivity index (χ3n) is 2.39. The first-order chi connectivity index (χ1) is 9.01. The highest BCUT2D eigenvalue weighted by Crippen LogP contribution is 2.12. The van der Waals surface area contributed by atoms with Gasteiger partial charge >= 0.3 is 0 Å². The van der Waals surface area contributed by atoms with Gasteiger partial charge in [-0.3, -0.25) is 4.68 Å². The number of nitrogens with zero attached hydrogens (tertiary/aromatic N) is 3. The zero-order valence-electron chi connectivity index (χ0n) is 10.4. The van der Waals surface area contributed by atoms with Crippen molar-refractivity contribution in [3.05, 3.63) is 30.0 Å². The van der Waals surface area contributed by atoms with Crippen molar-refractivity contribution in [3.63, 3.8) is 0 Å². The lowest BCUT2D eigenvalue weighted by molar-refractivity contribution is 0.413. The van der Waals surface area contributed by atoms with Gasteiger partial charge in [-0.05, 0) is 12.1 Å². The van der Waals surface area contributed by atoms with Crippen LogP contribution < -0.4 is 10.5 Å². The minimum Gasteiger partial charge on any atom is -0.447 e. The summed E-state index contributed by atoms with van der Waals surface area (Å²) in [5, 5.41) is 3.91. The Bertz CT molecular complexity index is 646. The number of rotatable bonds is 6. The van der Waals surface area contributed by atoms with E-state index in [2.05, 4.69) is 14.8 Å². The Morgan fingerprint density at radius 2 is 2.26 bits per heavy atom. The van der Waals surface area contributed by atoms with Gasteiger partial charge in [0.15, 0.2) is 5.82 Å². The summed E-state index contributed by atoms with van der Waals surface area (Å²) in [5.41, 5.74) is 5.36. The second-order valence-corrected chi connectivity index (χ2v) is 5.61. The van der Waals surface area contributed by atoms with Crippen LogP contribution in [0.5, 0.6) is 0 Å². The molecule has 0 aliphatic carbocycles. The first kappa shape index (κ1) is 13.7.